The Kier molecular flexibility index (Phi) is 7.38. The van der Waals surface area contributed by atoms with Gasteiger partial charge in [-0.3, -0.25) is 0 Å². The summed E-state index contributed by atoms with van der Waals surface area (Å²) in [6.45, 7) is 4.38. The van der Waals surface area contributed by atoms with E-state index in [0.717, 1.165) is 16.9 Å². The van der Waals surface area contributed by atoms with E-state index in [2.05, 4.69) is 0 Å². The van der Waals surface area contributed by atoms with Gasteiger partial charge >= 0.3 is 17.8 Å². The highest BCUT2D eigenvalue weighted by Gasteiger charge is 2.80. The number of aromatic nitrogens is 1. The third-order valence-electron chi connectivity index (χ3n) is 7.91. The van der Waals surface area contributed by atoms with Crippen LogP contribution in [0.15, 0.2) is 54.6 Å². The first-order valence-corrected chi connectivity index (χ1v) is 14.0. The van der Waals surface area contributed by atoms with Gasteiger partial charge in [-0.2, -0.15) is 31.6 Å². The van der Waals surface area contributed by atoms with Gasteiger partial charge < -0.3 is 9.30 Å². The molecular formula is C33H26F6N2OS. The summed E-state index contributed by atoms with van der Waals surface area (Å²) in [7, 11) is 2.92. The van der Waals surface area contributed by atoms with Crippen LogP contribution in [0.2, 0.25) is 0 Å². The average Bonchev–Trinajstić information content (AvgIpc) is 3.42. The molecule has 0 aliphatic heterocycles. The van der Waals surface area contributed by atoms with Crippen LogP contribution in [0.4, 0.5) is 26.3 Å². The summed E-state index contributed by atoms with van der Waals surface area (Å²) in [4.78, 5) is 0.679. The van der Waals surface area contributed by atoms with Crippen LogP contribution in [0, 0.1) is 32.1 Å². The Hall–Kier alpha value is -4.23. The van der Waals surface area contributed by atoms with Crippen molar-refractivity contribution in [2.45, 2.75) is 38.5 Å². The average molecular weight is 613 g/mol. The number of alkyl halides is 6. The van der Waals surface area contributed by atoms with E-state index in [1.54, 1.807) is 67.7 Å². The normalized spacial score (nSPS) is 17.4. The van der Waals surface area contributed by atoms with E-state index >= 15 is 26.3 Å². The van der Waals surface area contributed by atoms with Gasteiger partial charge in [0.15, 0.2) is 0 Å². The molecule has 5 rings (SSSR count). The number of nitrogens with zero attached hydrogens (tertiary/aromatic N) is 2. The summed E-state index contributed by atoms with van der Waals surface area (Å²) in [6.07, 6.45) is 6.72. The summed E-state index contributed by atoms with van der Waals surface area (Å²) in [5, 5.41) is 9.04. The quantitative estimate of drug-likeness (QED) is 0.161. The Morgan fingerprint density at radius 3 is 2.07 bits per heavy atom. The number of halogens is 6. The lowest BCUT2D eigenvalue weighted by molar-refractivity contribution is -0.254. The highest BCUT2D eigenvalue weighted by Crippen LogP contribution is 2.66. The van der Waals surface area contributed by atoms with Crippen LogP contribution in [0.25, 0.3) is 34.2 Å². The molecule has 222 valence electrons. The Balaban J connectivity index is 1.71. The minimum absolute atomic E-state index is 0.110. The minimum atomic E-state index is -5.67. The fourth-order valence-corrected chi connectivity index (χ4v) is 6.65. The zero-order valence-corrected chi connectivity index (χ0v) is 24.6. The topological polar surface area (TPSA) is 37.9 Å². The lowest BCUT2D eigenvalue weighted by atomic mass is 9.91. The highest BCUT2D eigenvalue weighted by molar-refractivity contribution is 7.13. The van der Waals surface area contributed by atoms with Gasteiger partial charge in [0.1, 0.15) is 5.75 Å². The molecule has 0 atom stereocenters. The first kappa shape index (κ1) is 30.2. The fourth-order valence-electron chi connectivity index (χ4n) is 5.56. The monoisotopic (exact) mass is 612 g/mol. The van der Waals surface area contributed by atoms with Crippen LogP contribution >= 0.6 is 11.3 Å². The summed E-state index contributed by atoms with van der Waals surface area (Å²) >= 11 is 1.06. The molecule has 0 saturated heterocycles. The molecule has 2 aromatic carbocycles. The number of fused-ring (bicyclic) bond motifs is 1. The second-order valence-corrected chi connectivity index (χ2v) is 11.6. The molecule has 4 aromatic rings. The van der Waals surface area contributed by atoms with Crippen LogP contribution in [-0.4, -0.2) is 29.4 Å². The van der Waals surface area contributed by atoms with Gasteiger partial charge in [-0.1, -0.05) is 30.4 Å². The summed E-state index contributed by atoms with van der Waals surface area (Å²) in [5.74, 6) is -15.7. The second kappa shape index (κ2) is 10.5. The van der Waals surface area contributed by atoms with Crippen molar-refractivity contribution in [1.82, 2.24) is 4.57 Å². The minimum Gasteiger partial charge on any atom is -0.497 e. The van der Waals surface area contributed by atoms with E-state index in [0.29, 0.717) is 16.0 Å². The van der Waals surface area contributed by atoms with Gasteiger partial charge in [0.2, 0.25) is 0 Å². The standard InChI is InChI=1S/C33H26F6N2OS/c1-18-26(9-7-6-8-21-10-12-22(17-40)13-11-21)43-20(3)27(18)29-30(32(36,37)33(38,39)31(29,34)35)28-19(2)41(4)25-15-14-23(42-5)16-24(25)28/h6-16H,1-5H3. The first-order valence-electron chi connectivity index (χ1n) is 13.2. The van der Waals surface area contributed by atoms with Gasteiger partial charge in [-0.25, -0.2) is 0 Å². The van der Waals surface area contributed by atoms with Gasteiger partial charge in [0, 0.05) is 55.7 Å². The first-order chi connectivity index (χ1) is 20.2. The number of nitriles is 1. The van der Waals surface area contributed by atoms with Gasteiger partial charge in [-0.05, 0) is 68.3 Å². The molecule has 1 aliphatic rings. The predicted octanol–water partition coefficient (Wildman–Crippen LogP) is 9.60. The van der Waals surface area contributed by atoms with Crippen molar-refractivity contribution in [2.24, 2.45) is 7.05 Å². The van der Waals surface area contributed by atoms with Crippen LogP contribution in [0.5, 0.6) is 5.75 Å². The molecule has 10 heteroatoms. The molecule has 0 radical (unpaired) electrons. The highest BCUT2D eigenvalue weighted by atomic mass is 32.1. The number of hydrogen-bond donors (Lipinski definition) is 0. The molecule has 1 aliphatic carbocycles. The number of benzene rings is 2. The molecule has 3 nitrogen and oxygen atoms in total. The van der Waals surface area contributed by atoms with Crippen LogP contribution in [-0.2, 0) is 7.05 Å². The molecule has 0 amide bonds. The fraction of sp³-hybridized carbons (Fsp3) is 0.242. The van der Waals surface area contributed by atoms with Gasteiger partial charge in [0.05, 0.1) is 18.7 Å². The number of hydrogen-bond acceptors (Lipinski definition) is 3. The molecule has 43 heavy (non-hydrogen) atoms. The zero-order valence-electron chi connectivity index (χ0n) is 23.8. The van der Waals surface area contributed by atoms with E-state index in [1.165, 1.54) is 38.5 Å². The van der Waals surface area contributed by atoms with Gasteiger partial charge in [-0.15, -0.1) is 11.3 Å². The summed E-state index contributed by atoms with van der Waals surface area (Å²) < 4.78 is 100. The maximum atomic E-state index is 15.8. The molecule has 0 bridgehead atoms. The molecule has 2 aromatic heterocycles. The van der Waals surface area contributed by atoms with E-state index in [9.17, 15) is 0 Å². The maximum absolute atomic E-state index is 15.8. The van der Waals surface area contributed by atoms with Crippen molar-refractivity contribution in [3.63, 3.8) is 0 Å². The van der Waals surface area contributed by atoms with Crippen molar-refractivity contribution in [2.75, 3.05) is 7.11 Å². The molecule has 0 saturated carbocycles. The third-order valence-corrected chi connectivity index (χ3v) is 9.09. The van der Waals surface area contributed by atoms with Crippen molar-refractivity contribution in [1.29, 1.82) is 5.26 Å². The second-order valence-electron chi connectivity index (χ2n) is 10.4. The molecule has 0 fully saturated rings. The molecule has 0 unspecified atom stereocenters. The Labute approximate surface area is 248 Å². The molecular weight excluding hydrogens is 586 g/mol. The SMILES string of the molecule is COc1ccc2c(c1)c(C1=C(c3c(C)sc(C=CC=Cc4ccc(C#N)cc4)c3C)C(F)(F)C(F)(F)C1(F)F)c(C)n2C. The molecule has 0 N–H and O–H groups in total. The number of methoxy groups -OCH3 is 1. The Morgan fingerprint density at radius 1 is 0.860 bits per heavy atom. The van der Waals surface area contributed by atoms with Crippen LogP contribution < -0.4 is 4.74 Å². The van der Waals surface area contributed by atoms with Crippen LogP contribution in [0.1, 0.15) is 43.3 Å². The van der Waals surface area contributed by atoms with Gasteiger partial charge in [0.25, 0.3) is 0 Å². The van der Waals surface area contributed by atoms with Crippen molar-refractivity contribution in [3.05, 3.63) is 97.9 Å². The number of thiophene rings is 1. The predicted molar refractivity (Wildman–Crippen MR) is 159 cm³/mol. The van der Waals surface area contributed by atoms with E-state index in [-0.39, 0.29) is 38.4 Å². The molecule has 2 heterocycles. The Morgan fingerprint density at radius 2 is 1.47 bits per heavy atom. The smallest absolute Gasteiger partial charge is 0.380 e. The van der Waals surface area contributed by atoms with Crippen LogP contribution in [0.3, 0.4) is 0 Å². The zero-order chi connectivity index (χ0) is 31.5. The maximum Gasteiger partial charge on any atom is 0.380 e. The van der Waals surface area contributed by atoms with E-state index in [1.807, 2.05) is 6.07 Å². The largest absolute Gasteiger partial charge is 0.497 e. The lowest BCUT2D eigenvalue weighted by Gasteiger charge is -2.26. The third kappa shape index (κ3) is 4.49. The summed E-state index contributed by atoms with van der Waals surface area (Å²) in [5.41, 5.74) is -1.33. The van der Waals surface area contributed by atoms with E-state index in [4.69, 9.17) is 10.00 Å². The van der Waals surface area contributed by atoms with Crippen molar-refractivity contribution < 1.29 is 31.1 Å². The van der Waals surface area contributed by atoms with Crippen molar-refractivity contribution >= 4 is 45.5 Å². The summed E-state index contributed by atoms with van der Waals surface area (Å²) in [6, 6.07) is 13.4. The number of aryl methyl sites for hydroxylation is 2. The number of ether oxygens (including phenoxy) is 1. The van der Waals surface area contributed by atoms with E-state index < -0.39 is 28.9 Å². The van der Waals surface area contributed by atoms with Crippen molar-refractivity contribution in [3.8, 4) is 11.8 Å². The lowest BCUT2D eigenvalue weighted by Crippen LogP contribution is -2.49. The molecule has 0 spiro atoms. The number of allylic oxidation sites excluding steroid dienone is 4. The Bertz CT molecular complexity index is 1880. The number of rotatable bonds is 6.